The summed E-state index contributed by atoms with van der Waals surface area (Å²) >= 11 is 0. The first-order valence-corrected chi connectivity index (χ1v) is 5.47. The maximum Gasteiger partial charge on any atom is 0.276 e. The zero-order chi connectivity index (χ0) is 13.4. The van der Waals surface area contributed by atoms with Gasteiger partial charge in [0.15, 0.2) is 5.82 Å². The summed E-state index contributed by atoms with van der Waals surface area (Å²) in [6.45, 7) is 1.29. The van der Waals surface area contributed by atoms with E-state index in [1.54, 1.807) is 7.11 Å². The summed E-state index contributed by atoms with van der Waals surface area (Å²) in [4.78, 5) is 28.7. The molecular weight excluding hydrogens is 238 g/mol. The average Bonchev–Trinajstić information content (AvgIpc) is 2.35. The number of amides is 1. The summed E-state index contributed by atoms with van der Waals surface area (Å²) in [7, 11) is 1.56. The summed E-state index contributed by atoms with van der Waals surface area (Å²) in [5.41, 5.74) is 5.12. The number of hydrogen-bond acceptors (Lipinski definition) is 6. The van der Waals surface area contributed by atoms with E-state index in [9.17, 15) is 9.59 Å². The predicted molar refractivity (Wildman–Crippen MR) is 67.3 cm³/mol. The number of ether oxygens (including phenoxy) is 1. The van der Waals surface area contributed by atoms with Gasteiger partial charge in [-0.25, -0.2) is 4.98 Å². The van der Waals surface area contributed by atoms with Gasteiger partial charge in [0.25, 0.3) is 5.56 Å². The molecular formula is C10H17N5O3. The van der Waals surface area contributed by atoms with E-state index in [1.807, 2.05) is 0 Å². The number of nitrogens with two attached hydrogens (primary N) is 1. The van der Waals surface area contributed by atoms with Gasteiger partial charge in [0.2, 0.25) is 5.91 Å². The molecule has 1 heterocycles. The van der Waals surface area contributed by atoms with Crippen LogP contribution < -0.4 is 21.9 Å². The van der Waals surface area contributed by atoms with E-state index in [0.29, 0.717) is 19.7 Å². The first kappa shape index (κ1) is 14.0. The highest BCUT2D eigenvalue weighted by Gasteiger charge is 2.05. The van der Waals surface area contributed by atoms with Gasteiger partial charge in [0, 0.05) is 26.6 Å². The summed E-state index contributed by atoms with van der Waals surface area (Å²) < 4.78 is 4.80. The molecule has 0 aliphatic heterocycles. The van der Waals surface area contributed by atoms with Crippen molar-refractivity contribution < 1.29 is 9.53 Å². The fourth-order valence-electron chi connectivity index (χ4n) is 1.23. The van der Waals surface area contributed by atoms with Gasteiger partial charge in [-0.05, 0) is 0 Å². The molecule has 100 valence electrons. The molecule has 18 heavy (non-hydrogen) atoms. The lowest BCUT2D eigenvalue weighted by atomic mass is 10.3. The molecule has 0 aliphatic carbocycles. The molecule has 8 heteroatoms. The van der Waals surface area contributed by atoms with E-state index >= 15 is 0 Å². The van der Waals surface area contributed by atoms with Crippen LogP contribution in [0.3, 0.4) is 0 Å². The fraction of sp³-hybridized carbons (Fsp3) is 0.500. The molecule has 0 saturated carbocycles. The Morgan fingerprint density at radius 3 is 3.06 bits per heavy atom. The lowest BCUT2D eigenvalue weighted by Gasteiger charge is -2.07. The van der Waals surface area contributed by atoms with Crippen LogP contribution in [0.25, 0.3) is 0 Å². The van der Waals surface area contributed by atoms with E-state index < -0.39 is 5.56 Å². The Balaban J connectivity index is 2.31. The molecule has 1 aromatic rings. The van der Waals surface area contributed by atoms with Crippen molar-refractivity contribution in [1.82, 2.24) is 15.3 Å². The smallest absolute Gasteiger partial charge is 0.276 e. The molecule has 0 bridgehead atoms. The number of rotatable bonds is 7. The minimum atomic E-state index is -0.406. The Kier molecular flexibility index (Phi) is 5.65. The molecule has 0 unspecified atom stereocenters. The van der Waals surface area contributed by atoms with Crippen molar-refractivity contribution in [1.29, 1.82) is 0 Å². The average molecular weight is 255 g/mol. The molecule has 0 saturated heterocycles. The van der Waals surface area contributed by atoms with E-state index in [4.69, 9.17) is 10.5 Å². The zero-order valence-electron chi connectivity index (χ0n) is 10.2. The largest absolute Gasteiger partial charge is 0.391 e. The lowest BCUT2D eigenvalue weighted by Crippen LogP contribution is -2.28. The molecule has 1 aromatic heterocycles. The molecule has 0 atom stereocenters. The number of anilines is 2. The maximum atomic E-state index is 11.3. The summed E-state index contributed by atoms with van der Waals surface area (Å²) in [6.07, 6.45) is 1.51. The van der Waals surface area contributed by atoms with Crippen LogP contribution in [0.2, 0.25) is 0 Å². The number of aromatic amines is 1. The van der Waals surface area contributed by atoms with Crippen LogP contribution in [0.15, 0.2) is 11.1 Å². The Bertz CT molecular complexity index is 445. The third-order valence-corrected chi connectivity index (χ3v) is 2.16. The van der Waals surface area contributed by atoms with Crippen molar-refractivity contribution in [2.75, 3.05) is 37.9 Å². The number of aromatic nitrogens is 2. The van der Waals surface area contributed by atoms with Gasteiger partial charge in [-0.3, -0.25) is 9.59 Å². The number of methoxy groups -OCH3 is 1. The molecule has 0 fully saturated rings. The number of hydrogen-bond donors (Lipinski definition) is 4. The van der Waals surface area contributed by atoms with Gasteiger partial charge in [0.05, 0.1) is 12.9 Å². The van der Waals surface area contributed by atoms with Gasteiger partial charge in [-0.15, -0.1) is 0 Å². The van der Waals surface area contributed by atoms with Crippen molar-refractivity contribution in [3.05, 3.63) is 16.7 Å². The van der Waals surface area contributed by atoms with Crippen LogP contribution in [-0.2, 0) is 9.53 Å². The Morgan fingerprint density at radius 1 is 1.56 bits per heavy atom. The van der Waals surface area contributed by atoms with Crippen LogP contribution in [0.1, 0.15) is 6.42 Å². The van der Waals surface area contributed by atoms with Gasteiger partial charge < -0.3 is 26.1 Å². The second-order valence-corrected chi connectivity index (χ2v) is 3.51. The Labute approximate surface area is 104 Å². The van der Waals surface area contributed by atoms with E-state index in [1.165, 1.54) is 6.33 Å². The van der Waals surface area contributed by atoms with Crippen molar-refractivity contribution in [3.63, 3.8) is 0 Å². The van der Waals surface area contributed by atoms with Gasteiger partial charge in [0.1, 0.15) is 5.69 Å². The van der Waals surface area contributed by atoms with Crippen LogP contribution >= 0.6 is 0 Å². The second kappa shape index (κ2) is 7.28. The SMILES string of the molecule is COCCNC(=O)CCNc1nc[nH]c(=O)c1N. The third-order valence-electron chi connectivity index (χ3n) is 2.16. The Hall–Kier alpha value is -2.09. The van der Waals surface area contributed by atoms with Gasteiger partial charge >= 0.3 is 0 Å². The Morgan fingerprint density at radius 2 is 2.33 bits per heavy atom. The molecule has 0 aromatic carbocycles. The molecule has 0 aliphatic rings. The van der Waals surface area contributed by atoms with Crippen LogP contribution in [0, 0.1) is 0 Å². The minimum absolute atomic E-state index is 0.0114. The third kappa shape index (κ3) is 4.42. The number of nitrogens with zero attached hydrogens (tertiary/aromatic N) is 1. The van der Waals surface area contributed by atoms with Crippen LogP contribution in [0.5, 0.6) is 0 Å². The normalized spacial score (nSPS) is 10.1. The van der Waals surface area contributed by atoms with E-state index in [0.717, 1.165) is 0 Å². The number of nitrogens with one attached hydrogen (secondary N) is 3. The highest BCUT2D eigenvalue weighted by molar-refractivity contribution is 5.76. The molecule has 8 nitrogen and oxygen atoms in total. The number of H-pyrrole nitrogens is 1. The molecule has 5 N–H and O–H groups in total. The highest BCUT2D eigenvalue weighted by atomic mass is 16.5. The quantitative estimate of drug-likeness (QED) is 0.459. The summed E-state index contributed by atoms with van der Waals surface area (Å²) in [5, 5.41) is 5.50. The number of carbonyl (C=O) groups is 1. The topological polar surface area (TPSA) is 122 Å². The van der Waals surface area contributed by atoms with Crippen LogP contribution in [0.4, 0.5) is 11.5 Å². The van der Waals surface area contributed by atoms with Crippen molar-refractivity contribution >= 4 is 17.4 Å². The first-order chi connectivity index (χ1) is 8.65. The summed E-state index contributed by atoms with van der Waals surface area (Å²) in [5.74, 6) is 0.173. The second-order valence-electron chi connectivity index (χ2n) is 3.51. The van der Waals surface area contributed by atoms with Crippen molar-refractivity contribution in [3.8, 4) is 0 Å². The molecule has 0 radical (unpaired) electrons. The lowest BCUT2D eigenvalue weighted by molar-refractivity contribution is -0.121. The predicted octanol–water partition coefficient (Wildman–Crippen LogP) is -1.08. The van der Waals surface area contributed by atoms with E-state index in [2.05, 4.69) is 20.6 Å². The van der Waals surface area contributed by atoms with Gasteiger partial charge in [-0.1, -0.05) is 0 Å². The standard InChI is InChI=1S/C10H17N5O3/c1-18-5-4-12-7(16)2-3-13-9-8(11)10(17)15-6-14-9/h6H,2-5,11H2,1H3,(H,12,16)(H2,13,14,15,17). The van der Waals surface area contributed by atoms with Crippen molar-refractivity contribution in [2.24, 2.45) is 0 Å². The van der Waals surface area contributed by atoms with Gasteiger partial charge in [-0.2, -0.15) is 0 Å². The number of carbonyl (C=O) groups excluding carboxylic acids is 1. The molecule has 1 amide bonds. The van der Waals surface area contributed by atoms with Crippen molar-refractivity contribution in [2.45, 2.75) is 6.42 Å². The molecule has 0 spiro atoms. The minimum Gasteiger partial charge on any atom is -0.391 e. The van der Waals surface area contributed by atoms with E-state index in [-0.39, 0.29) is 23.8 Å². The highest BCUT2D eigenvalue weighted by Crippen LogP contribution is 2.06. The monoisotopic (exact) mass is 255 g/mol. The number of nitrogen functional groups attached to an aromatic ring is 1. The maximum absolute atomic E-state index is 11.3. The first-order valence-electron chi connectivity index (χ1n) is 5.47. The molecule has 1 rings (SSSR count). The van der Waals surface area contributed by atoms with Crippen LogP contribution in [-0.4, -0.2) is 42.7 Å². The summed E-state index contributed by atoms with van der Waals surface area (Å²) in [6, 6.07) is 0. The fourth-order valence-corrected chi connectivity index (χ4v) is 1.23. The zero-order valence-corrected chi connectivity index (χ0v) is 10.2.